The van der Waals surface area contributed by atoms with Crippen LogP contribution in [0.15, 0.2) is 36.7 Å². The standard InChI is InChI=1S/C21H24ClF3N6O/c22-17-13-16(21(23,24)25)14-27-20(17)31-7-5-28(6-8-31)15-19(32)30-11-9-29(10-12-30)18-3-1-2-4-26-18/h1-4,13-14H,5-12,15H2. The van der Waals surface area contributed by atoms with Crippen LogP contribution in [0.1, 0.15) is 5.56 Å². The van der Waals surface area contributed by atoms with E-state index >= 15 is 0 Å². The lowest BCUT2D eigenvalue weighted by Crippen LogP contribution is -2.54. The molecule has 4 heterocycles. The van der Waals surface area contributed by atoms with Crippen molar-refractivity contribution in [2.24, 2.45) is 0 Å². The van der Waals surface area contributed by atoms with Crippen LogP contribution in [-0.4, -0.2) is 84.6 Å². The Hall–Kier alpha value is -2.59. The third-order valence-corrected chi connectivity index (χ3v) is 6.06. The molecule has 4 rings (SSSR count). The highest BCUT2D eigenvalue weighted by molar-refractivity contribution is 6.33. The molecule has 0 aromatic carbocycles. The predicted molar refractivity (Wildman–Crippen MR) is 116 cm³/mol. The molecule has 0 unspecified atom stereocenters. The van der Waals surface area contributed by atoms with Gasteiger partial charge in [0.05, 0.1) is 17.1 Å². The van der Waals surface area contributed by atoms with Crippen LogP contribution in [0.5, 0.6) is 0 Å². The van der Waals surface area contributed by atoms with Crippen LogP contribution < -0.4 is 9.80 Å². The SMILES string of the molecule is O=C(CN1CCN(c2ncc(C(F)(F)F)cc2Cl)CC1)N1CCN(c2ccccn2)CC1. The van der Waals surface area contributed by atoms with Crippen molar-refractivity contribution in [3.8, 4) is 0 Å². The highest BCUT2D eigenvalue weighted by Crippen LogP contribution is 2.33. The Balaban J connectivity index is 1.25. The van der Waals surface area contributed by atoms with Gasteiger partial charge in [-0.25, -0.2) is 9.97 Å². The van der Waals surface area contributed by atoms with E-state index in [-0.39, 0.29) is 10.9 Å². The van der Waals surface area contributed by atoms with Crippen molar-refractivity contribution in [2.75, 3.05) is 68.7 Å². The van der Waals surface area contributed by atoms with Crippen molar-refractivity contribution in [2.45, 2.75) is 6.18 Å². The van der Waals surface area contributed by atoms with Crippen LogP contribution in [-0.2, 0) is 11.0 Å². The molecule has 11 heteroatoms. The van der Waals surface area contributed by atoms with Crippen molar-refractivity contribution in [1.82, 2.24) is 19.8 Å². The topological polar surface area (TPSA) is 55.8 Å². The van der Waals surface area contributed by atoms with Crippen LogP contribution in [0.25, 0.3) is 0 Å². The molecule has 32 heavy (non-hydrogen) atoms. The quantitative estimate of drug-likeness (QED) is 0.687. The van der Waals surface area contributed by atoms with Gasteiger partial charge in [-0.2, -0.15) is 13.2 Å². The van der Waals surface area contributed by atoms with Crippen molar-refractivity contribution in [3.63, 3.8) is 0 Å². The molecule has 172 valence electrons. The van der Waals surface area contributed by atoms with E-state index in [1.165, 1.54) is 0 Å². The maximum atomic E-state index is 12.8. The molecule has 0 atom stereocenters. The number of hydrogen-bond acceptors (Lipinski definition) is 6. The van der Waals surface area contributed by atoms with Gasteiger partial charge in [-0.1, -0.05) is 17.7 Å². The van der Waals surface area contributed by atoms with E-state index in [1.807, 2.05) is 28.0 Å². The monoisotopic (exact) mass is 468 g/mol. The predicted octanol–water partition coefficient (Wildman–Crippen LogP) is 2.62. The normalized spacial score (nSPS) is 18.2. The third kappa shape index (κ3) is 5.24. The average molecular weight is 469 g/mol. The largest absolute Gasteiger partial charge is 0.417 e. The van der Waals surface area contributed by atoms with Gasteiger partial charge >= 0.3 is 6.18 Å². The minimum Gasteiger partial charge on any atom is -0.353 e. The number of halogens is 4. The molecule has 2 saturated heterocycles. The van der Waals surface area contributed by atoms with Gasteiger partial charge in [0.15, 0.2) is 0 Å². The summed E-state index contributed by atoms with van der Waals surface area (Å²) in [7, 11) is 0. The van der Waals surface area contributed by atoms with E-state index in [4.69, 9.17) is 11.6 Å². The Bertz CT molecular complexity index is 929. The fourth-order valence-corrected chi connectivity index (χ4v) is 4.24. The molecule has 1 amide bonds. The zero-order valence-corrected chi connectivity index (χ0v) is 18.2. The second-order valence-electron chi connectivity index (χ2n) is 7.85. The molecular weight excluding hydrogens is 445 g/mol. The molecule has 0 spiro atoms. The lowest BCUT2D eigenvalue weighted by molar-refractivity contribution is -0.137. The number of alkyl halides is 3. The Labute approximate surface area is 189 Å². The van der Waals surface area contributed by atoms with E-state index in [0.717, 1.165) is 31.2 Å². The molecule has 2 aliphatic rings. The lowest BCUT2D eigenvalue weighted by Gasteiger charge is -2.38. The van der Waals surface area contributed by atoms with E-state index in [0.29, 0.717) is 51.6 Å². The molecule has 2 fully saturated rings. The second-order valence-corrected chi connectivity index (χ2v) is 8.25. The highest BCUT2D eigenvalue weighted by Gasteiger charge is 2.32. The summed E-state index contributed by atoms with van der Waals surface area (Å²) < 4.78 is 38.4. The van der Waals surface area contributed by atoms with Gasteiger partial charge in [-0.3, -0.25) is 9.69 Å². The molecule has 0 saturated carbocycles. The van der Waals surface area contributed by atoms with Crippen LogP contribution in [0.2, 0.25) is 5.02 Å². The summed E-state index contributed by atoms with van der Waals surface area (Å²) in [4.78, 5) is 29.0. The highest BCUT2D eigenvalue weighted by atomic mass is 35.5. The van der Waals surface area contributed by atoms with Crippen molar-refractivity contribution in [3.05, 3.63) is 47.2 Å². The molecule has 0 aliphatic carbocycles. The minimum atomic E-state index is -4.47. The molecule has 0 N–H and O–H groups in total. The van der Waals surface area contributed by atoms with E-state index < -0.39 is 11.7 Å². The van der Waals surface area contributed by atoms with Gasteiger partial charge in [0.2, 0.25) is 5.91 Å². The van der Waals surface area contributed by atoms with Crippen molar-refractivity contribution in [1.29, 1.82) is 0 Å². The molecular formula is C21H24ClF3N6O. The second kappa shape index (κ2) is 9.50. The molecule has 0 bridgehead atoms. The first-order chi connectivity index (χ1) is 15.3. The molecule has 7 nitrogen and oxygen atoms in total. The van der Waals surface area contributed by atoms with Crippen molar-refractivity contribution >= 4 is 29.1 Å². The fourth-order valence-electron chi connectivity index (χ4n) is 3.95. The van der Waals surface area contributed by atoms with E-state index in [1.54, 1.807) is 6.20 Å². The summed E-state index contributed by atoms with van der Waals surface area (Å²) in [5, 5.41) is -0.0184. The smallest absolute Gasteiger partial charge is 0.353 e. The van der Waals surface area contributed by atoms with Gasteiger partial charge in [0.1, 0.15) is 11.6 Å². The first kappa shape index (κ1) is 22.6. The number of piperazine rings is 2. The van der Waals surface area contributed by atoms with E-state index in [9.17, 15) is 18.0 Å². The van der Waals surface area contributed by atoms with Crippen LogP contribution in [0.4, 0.5) is 24.8 Å². The number of rotatable bonds is 4. The van der Waals surface area contributed by atoms with Gasteiger partial charge in [-0.05, 0) is 18.2 Å². The average Bonchev–Trinajstić information content (AvgIpc) is 2.80. The maximum Gasteiger partial charge on any atom is 0.417 e. The number of pyridine rings is 2. The number of nitrogens with zero attached hydrogens (tertiary/aromatic N) is 6. The summed E-state index contributed by atoms with van der Waals surface area (Å²) in [5.74, 6) is 1.35. The number of aromatic nitrogens is 2. The number of amides is 1. The third-order valence-electron chi connectivity index (χ3n) is 5.79. The number of carbonyl (C=O) groups is 1. The van der Waals surface area contributed by atoms with Crippen LogP contribution in [0.3, 0.4) is 0 Å². The maximum absolute atomic E-state index is 12.8. The number of anilines is 2. The van der Waals surface area contributed by atoms with Crippen molar-refractivity contribution < 1.29 is 18.0 Å². The number of hydrogen-bond donors (Lipinski definition) is 0. The Morgan fingerprint density at radius 2 is 1.66 bits per heavy atom. The summed E-state index contributed by atoms with van der Waals surface area (Å²) in [6, 6.07) is 6.70. The molecule has 0 radical (unpaired) electrons. The molecule has 2 aliphatic heterocycles. The first-order valence-corrected chi connectivity index (χ1v) is 10.8. The van der Waals surface area contributed by atoms with Crippen LogP contribution >= 0.6 is 11.6 Å². The van der Waals surface area contributed by atoms with Gasteiger partial charge in [0, 0.05) is 64.8 Å². The Morgan fingerprint density at radius 3 is 2.25 bits per heavy atom. The van der Waals surface area contributed by atoms with Crippen LogP contribution in [0, 0.1) is 0 Å². The minimum absolute atomic E-state index is 0.0184. The summed E-state index contributed by atoms with van der Waals surface area (Å²) in [5.41, 5.74) is -0.862. The Kier molecular flexibility index (Phi) is 6.71. The number of carbonyl (C=O) groups excluding carboxylic acids is 1. The zero-order chi connectivity index (χ0) is 22.7. The Morgan fingerprint density at radius 1 is 0.969 bits per heavy atom. The molecule has 2 aromatic heterocycles. The van der Waals surface area contributed by atoms with Gasteiger partial charge < -0.3 is 14.7 Å². The van der Waals surface area contributed by atoms with E-state index in [2.05, 4.69) is 19.8 Å². The van der Waals surface area contributed by atoms with Gasteiger partial charge in [0.25, 0.3) is 0 Å². The summed E-state index contributed by atoms with van der Waals surface area (Å²) in [6.07, 6.45) is -1.90. The molecule has 2 aromatic rings. The summed E-state index contributed by atoms with van der Waals surface area (Å²) >= 11 is 6.06. The zero-order valence-electron chi connectivity index (χ0n) is 17.4. The first-order valence-electron chi connectivity index (χ1n) is 10.4. The van der Waals surface area contributed by atoms with Gasteiger partial charge in [-0.15, -0.1) is 0 Å². The lowest BCUT2D eigenvalue weighted by atomic mass is 10.2. The fraction of sp³-hybridized carbons (Fsp3) is 0.476. The summed E-state index contributed by atoms with van der Waals surface area (Å²) in [6.45, 7) is 5.42.